The van der Waals surface area contributed by atoms with Crippen LogP contribution in [0, 0.1) is 0 Å². The molecule has 24 heavy (non-hydrogen) atoms. The van der Waals surface area contributed by atoms with Crippen molar-refractivity contribution in [3.63, 3.8) is 0 Å². The minimum Gasteiger partial charge on any atom is -0.480 e. The minimum atomic E-state index is -2.17. The average molecular weight is 354 g/mol. The molecule has 0 saturated heterocycles. The van der Waals surface area contributed by atoms with E-state index in [-0.39, 0.29) is 13.1 Å². The second kappa shape index (κ2) is 13.2. The van der Waals surface area contributed by atoms with Gasteiger partial charge in [0.05, 0.1) is 26.2 Å². The number of nitrogens with zero attached hydrogens (tertiary/aromatic N) is 2. The van der Waals surface area contributed by atoms with Crippen molar-refractivity contribution in [2.75, 3.05) is 39.3 Å². The summed E-state index contributed by atoms with van der Waals surface area (Å²) in [6.07, 6.45) is 0. The molecule has 7 N–H and O–H groups in total. The zero-order valence-corrected chi connectivity index (χ0v) is 12.5. The van der Waals surface area contributed by atoms with Gasteiger partial charge in [-0.25, -0.2) is 0 Å². The van der Waals surface area contributed by atoms with E-state index < -0.39 is 57.4 Å². The largest absolute Gasteiger partial charge is 0.631 e. The van der Waals surface area contributed by atoms with Gasteiger partial charge in [0.1, 0.15) is 0 Å². The van der Waals surface area contributed by atoms with Crippen molar-refractivity contribution in [2.24, 2.45) is 0 Å². The summed E-state index contributed by atoms with van der Waals surface area (Å²) in [6.45, 7) is -2.25. The average Bonchev–Trinajstić information content (AvgIpc) is 2.32. The third-order valence-electron chi connectivity index (χ3n) is 2.17. The second-order valence-corrected chi connectivity index (χ2v) is 4.34. The molecule has 0 saturated carbocycles. The molecule has 0 unspecified atom stereocenters. The molecule has 0 amide bonds. The monoisotopic (exact) mass is 354 g/mol. The Hall–Kier alpha value is -2.26. The van der Waals surface area contributed by atoms with Crippen molar-refractivity contribution >= 4 is 31.2 Å². The van der Waals surface area contributed by atoms with Crippen LogP contribution in [0.3, 0.4) is 0 Å². The Balaban J connectivity index is 0. The van der Waals surface area contributed by atoms with Crippen LogP contribution in [0.5, 0.6) is 0 Å². The molecule has 138 valence electrons. The molecule has 0 bridgehead atoms. The summed E-state index contributed by atoms with van der Waals surface area (Å²) in [6, 6.07) is 0. The number of aliphatic carboxylic acids is 4. The smallest absolute Gasteiger partial charge is 0.480 e. The highest BCUT2D eigenvalue weighted by Gasteiger charge is 2.17. The Morgan fingerprint density at radius 2 is 0.750 bits per heavy atom. The maximum atomic E-state index is 10.6. The van der Waals surface area contributed by atoms with Crippen molar-refractivity contribution in [1.82, 2.24) is 9.80 Å². The highest BCUT2D eigenvalue weighted by molar-refractivity contribution is 6.30. The Morgan fingerprint density at radius 3 is 0.875 bits per heavy atom. The fourth-order valence-electron chi connectivity index (χ4n) is 1.48. The van der Waals surface area contributed by atoms with Crippen LogP contribution in [-0.4, -0.2) is 116 Å². The molecule has 14 heteroatoms. The van der Waals surface area contributed by atoms with Gasteiger partial charge in [-0.15, -0.1) is 0 Å². The number of carbonyl (C=O) groups is 4. The number of hydrogen-bond donors (Lipinski definition) is 7. The summed E-state index contributed by atoms with van der Waals surface area (Å²) >= 11 is 0. The van der Waals surface area contributed by atoms with Crippen LogP contribution in [0.15, 0.2) is 0 Å². The summed E-state index contributed by atoms with van der Waals surface area (Å²) in [4.78, 5) is 44.4. The third kappa shape index (κ3) is 19.7. The molecule has 0 aromatic heterocycles. The zero-order valence-electron chi connectivity index (χ0n) is 12.5. The van der Waals surface area contributed by atoms with Crippen LogP contribution < -0.4 is 0 Å². The van der Waals surface area contributed by atoms with E-state index in [0.717, 1.165) is 9.80 Å². The molecule has 0 aliphatic heterocycles. The van der Waals surface area contributed by atoms with Crippen LogP contribution in [0.2, 0.25) is 0 Å². The van der Waals surface area contributed by atoms with E-state index in [9.17, 15) is 19.2 Å². The van der Waals surface area contributed by atoms with Gasteiger partial charge in [0.15, 0.2) is 0 Å². The SMILES string of the molecule is O=C(O)CN(CCN(CC(=O)O)CC(=O)O)CC(=O)O.OB(O)O. The Morgan fingerprint density at radius 1 is 0.583 bits per heavy atom. The standard InChI is InChI=1S/C10H16N2O8.BH3O3/c13-7(14)3-11(4-8(15)16)1-2-12(5-9(17)18)6-10(19)20;2-1(3)4/h1-6H2,(H,13,14)(H,15,16)(H,17,18)(H,19,20);2-4H. The topological polar surface area (TPSA) is 216 Å². The van der Waals surface area contributed by atoms with Crippen LogP contribution in [0.25, 0.3) is 0 Å². The Bertz CT molecular complexity index is 360. The normalized spacial score (nSPS) is 10.0. The van der Waals surface area contributed by atoms with Gasteiger partial charge in [0.2, 0.25) is 0 Å². The van der Waals surface area contributed by atoms with Gasteiger partial charge in [0, 0.05) is 13.1 Å². The van der Waals surface area contributed by atoms with Crippen molar-refractivity contribution in [3.8, 4) is 0 Å². The molecular weight excluding hydrogens is 335 g/mol. The number of rotatable bonds is 11. The van der Waals surface area contributed by atoms with Gasteiger partial charge in [-0.05, 0) is 0 Å². The summed E-state index contributed by atoms with van der Waals surface area (Å²) < 4.78 is 0. The van der Waals surface area contributed by atoms with Crippen LogP contribution in [0.1, 0.15) is 0 Å². The fourth-order valence-corrected chi connectivity index (χ4v) is 1.48. The summed E-state index contributed by atoms with van der Waals surface area (Å²) in [5, 5.41) is 56.0. The molecule has 13 nitrogen and oxygen atoms in total. The lowest BCUT2D eigenvalue weighted by Crippen LogP contribution is -2.43. The Labute approximate surface area is 136 Å². The maximum absolute atomic E-state index is 10.6. The van der Waals surface area contributed by atoms with E-state index in [1.54, 1.807) is 0 Å². The van der Waals surface area contributed by atoms with Gasteiger partial charge in [-0.3, -0.25) is 29.0 Å². The fraction of sp³-hybridized carbons (Fsp3) is 0.600. The lowest BCUT2D eigenvalue weighted by molar-refractivity contribution is -0.145. The molecule has 0 fully saturated rings. The van der Waals surface area contributed by atoms with E-state index in [0.29, 0.717) is 0 Å². The van der Waals surface area contributed by atoms with Crippen molar-refractivity contribution in [1.29, 1.82) is 0 Å². The molecular formula is C10H19BN2O11. The van der Waals surface area contributed by atoms with Crippen LogP contribution >= 0.6 is 0 Å². The molecule has 0 aliphatic carbocycles. The van der Waals surface area contributed by atoms with Gasteiger partial charge in [0.25, 0.3) is 0 Å². The number of carboxylic acid groups (broad SMARTS) is 4. The molecule has 0 aliphatic rings. The summed E-state index contributed by atoms with van der Waals surface area (Å²) in [5.41, 5.74) is 0. The Kier molecular flexibility index (Phi) is 13.2. The van der Waals surface area contributed by atoms with Crippen molar-refractivity contribution in [3.05, 3.63) is 0 Å². The van der Waals surface area contributed by atoms with Gasteiger partial charge < -0.3 is 35.5 Å². The van der Waals surface area contributed by atoms with E-state index in [1.807, 2.05) is 0 Å². The first-order valence-corrected chi connectivity index (χ1v) is 6.30. The molecule has 0 aromatic rings. The van der Waals surface area contributed by atoms with Crippen molar-refractivity contribution in [2.45, 2.75) is 0 Å². The molecule has 0 rings (SSSR count). The predicted molar refractivity (Wildman–Crippen MR) is 75.8 cm³/mol. The van der Waals surface area contributed by atoms with Crippen LogP contribution in [0.4, 0.5) is 0 Å². The van der Waals surface area contributed by atoms with Crippen molar-refractivity contribution < 1.29 is 54.7 Å². The second-order valence-electron chi connectivity index (χ2n) is 4.34. The molecule has 0 spiro atoms. The van der Waals surface area contributed by atoms with Gasteiger partial charge in [-0.1, -0.05) is 0 Å². The quantitative estimate of drug-likeness (QED) is 0.176. The molecule has 0 heterocycles. The van der Waals surface area contributed by atoms with Crippen LogP contribution in [-0.2, 0) is 19.2 Å². The molecule has 0 atom stereocenters. The van der Waals surface area contributed by atoms with E-state index in [1.165, 1.54) is 0 Å². The van der Waals surface area contributed by atoms with Gasteiger partial charge >= 0.3 is 31.2 Å². The minimum absolute atomic E-state index is 0.0703. The molecule has 0 aromatic carbocycles. The highest BCUT2D eigenvalue weighted by Crippen LogP contribution is 1.94. The first-order chi connectivity index (χ1) is 10.9. The first-order valence-electron chi connectivity index (χ1n) is 6.30. The summed E-state index contributed by atoms with van der Waals surface area (Å²) in [5.74, 6) is -4.91. The first kappa shape index (κ1) is 24.0. The summed E-state index contributed by atoms with van der Waals surface area (Å²) in [7, 11) is -2.17. The van der Waals surface area contributed by atoms with E-state index in [2.05, 4.69) is 0 Å². The van der Waals surface area contributed by atoms with E-state index >= 15 is 0 Å². The third-order valence-corrected chi connectivity index (χ3v) is 2.17. The maximum Gasteiger partial charge on any atom is 0.631 e. The predicted octanol–water partition coefficient (Wildman–Crippen LogP) is -4.12. The zero-order chi connectivity index (χ0) is 19.3. The van der Waals surface area contributed by atoms with E-state index in [4.69, 9.17) is 35.5 Å². The number of hydrogen-bond acceptors (Lipinski definition) is 9. The van der Waals surface area contributed by atoms with Gasteiger partial charge in [-0.2, -0.15) is 0 Å². The lowest BCUT2D eigenvalue weighted by atomic mass is 10.3. The lowest BCUT2D eigenvalue weighted by Gasteiger charge is -2.23. The number of carboxylic acids is 4. The molecule has 0 radical (unpaired) electrons. The highest BCUT2D eigenvalue weighted by atomic mass is 16.5.